The minimum absolute atomic E-state index is 0.00778. The zero-order chi connectivity index (χ0) is 23.4. The van der Waals surface area contributed by atoms with Gasteiger partial charge in [0.1, 0.15) is 11.6 Å². The summed E-state index contributed by atoms with van der Waals surface area (Å²) in [6.07, 6.45) is 2.88. The Morgan fingerprint density at radius 1 is 1.03 bits per heavy atom. The van der Waals surface area contributed by atoms with Crippen molar-refractivity contribution in [2.75, 3.05) is 18.4 Å². The van der Waals surface area contributed by atoms with Crippen LogP contribution in [0.2, 0.25) is 0 Å². The third kappa shape index (κ3) is 4.96. The highest BCUT2D eigenvalue weighted by Gasteiger charge is 2.22. The van der Waals surface area contributed by atoms with Gasteiger partial charge >= 0.3 is 0 Å². The average molecular weight is 452 g/mol. The van der Waals surface area contributed by atoms with Crippen molar-refractivity contribution in [2.45, 2.75) is 18.9 Å². The van der Waals surface area contributed by atoms with Crippen molar-refractivity contribution < 1.29 is 18.4 Å². The first-order chi connectivity index (χ1) is 15.9. The van der Waals surface area contributed by atoms with Crippen LogP contribution >= 0.6 is 0 Å². The van der Waals surface area contributed by atoms with E-state index >= 15 is 0 Å². The van der Waals surface area contributed by atoms with Crippen molar-refractivity contribution in [1.29, 1.82) is 0 Å². The Hall–Kier alpha value is -3.92. The Bertz CT molecular complexity index is 1160. The second-order valence-corrected chi connectivity index (χ2v) is 7.64. The molecule has 0 spiro atoms. The first kappa shape index (κ1) is 22.3. The molecule has 1 fully saturated rings. The number of aromatic nitrogens is 2. The Morgan fingerprint density at radius 3 is 2.33 bits per heavy atom. The largest absolute Gasteiger partial charge is 0.364 e. The summed E-state index contributed by atoms with van der Waals surface area (Å²) in [5, 5.41) is 16.6. The van der Waals surface area contributed by atoms with Crippen LogP contribution in [-0.4, -0.2) is 41.1 Å². The van der Waals surface area contributed by atoms with E-state index in [9.17, 15) is 18.4 Å². The number of rotatable bonds is 6. The van der Waals surface area contributed by atoms with Gasteiger partial charge in [0.25, 0.3) is 11.8 Å². The first-order valence-electron chi connectivity index (χ1n) is 10.4. The molecule has 10 heteroatoms. The molecule has 8 nitrogen and oxygen atoms in total. The molecule has 1 aliphatic rings. The minimum atomic E-state index is -0.915. The van der Waals surface area contributed by atoms with Gasteiger partial charge in [-0.15, -0.1) is 5.10 Å². The number of nitrogens with two attached hydrogens (primary N) is 1. The van der Waals surface area contributed by atoms with Crippen molar-refractivity contribution in [1.82, 2.24) is 20.8 Å². The molecule has 0 saturated carbocycles. The topological polar surface area (TPSA) is 122 Å². The summed E-state index contributed by atoms with van der Waals surface area (Å²) in [4.78, 5) is 24.5. The van der Waals surface area contributed by atoms with Crippen LogP contribution in [0.3, 0.4) is 0 Å². The fourth-order valence-corrected chi connectivity index (χ4v) is 3.71. The molecule has 2 heterocycles. The van der Waals surface area contributed by atoms with Crippen molar-refractivity contribution in [2.24, 2.45) is 5.73 Å². The molecule has 1 aromatic heterocycles. The van der Waals surface area contributed by atoms with E-state index in [-0.39, 0.29) is 34.5 Å². The number of halogens is 2. The quantitative estimate of drug-likeness (QED) is 0.456. The molecule has 2 amide bonds. The number of piperidine rings is 1. The molecular formula is C23H22F2N6O2. The number of hydrogen-bond acceptors (Lipinski definition) is 6. The van der Waals surface area contributed by atoms with Gasteiger partial charge in [0.2, 0.25) is 0 Å². The first-order valence-corrected chi connectivity index (χ1v) is 10.4. The van der Waals surface area contributed by atoms with Gasteiger partial charge in [0, 0.05) is 22.9 Å². The SMILES string of the molecule is NC(=O)c1nncc(-c2c(F)cccc2F)c1Nc1ccc(C(=O)NC2CCNCC2)cc1. The van der Waals surface area contributed by atoms with Crippen LogP contribution in [0.25, 0.3) is 11.1 Å². The van der Waals surface area contributed by atoms with Crippen molar-refractivity contribution in [3.63, 3.8) is 0 Å². The lowest BCUT2D eigenvalue weighted by molar-refractivity contribution is 0.0928. The normalized spacial score (nSPS) is 14.0. The summed E-state index contributed by atoms with van der Waals surface area (Å²) in [6.45, 7) is 1.72. The second-order valence-electron chi connectivity index (χ2n) is 7.64. The molecule has 0 unspecified atom stereocenters. The van der Waals surface area contributed by atoms with Gasteiger partial charge in [-0.1, -0.05) is 6.07 Å². The maximum Gasteiger partial charge on any atom is 0.271 e. The van der Waals surface area contributed by atoms with Crippen molar-refractivity contribution in [3.05, 3.63) is 71.6 Å². The summed E-state index contributed by atoms with van der Waals surface area (Å²) < 4.78 is 28.9. The maximum atomic E-state index is 14.4. The lowest BCUT2D eigenvalue weighted by atomic mass is 10.0. The number of amides is 2. The van der Waals surface area contributed by atoms with E-state index in [1.807, 2.05) is 0 Å². The predicted octanol–water partition coefficient (Wildman–Crippen LogP) is 2.75. The molecule has 33 heavy (non-hydrogen) atoms. The minimum Gasteiger partial charge on any atom is -0.364 e. The van der Waals surface area contributed by atoms with Crippen LogP contribution < -0.4 is 21.7 Å². The van der Waals surface area contributed by atoms with Crippen LogP contribution in [0.15, 0.2) is 48.7 Å². The summed E-state index contributed by atoms with van der Waals surface area (Å²) in [5.74, 6) is -2.76. The maximum absolute atomic E-state index is 14.4. The molecule has 0 radical (unpaired) electrons. The van der Waals surface area contributed by atoms with Crippen LogP contribution in [0.1, 0.15) is 33.7 Å². The summed E-state index contributed by atoms with van der Waals surface area (Å²) in [7, 11) is 0. The van der Waals surface area contributed by atoms with E-state index in [4.69, 9.17) is 5.73 Å². The van der Waals surface area contributed by atoms with E-state index in [1.54, 1.807) is 24.3 Å². The van der Waals surface area contributed by atoms with Crippen LogP contribution in [-0.2, 0) is 0 Å². The van der Waals surface area contributed by atoms with Crippen molar-refractivity contribution in [3.8, 4) is 11.1 Å². The van der Waals surface area contributed by atoms with Gasteiger partial charge < -0.3 is 21.7 Å². The fourth-order valence-electron chi connectivity index (χ4n) is 3.71. The smallest absolute Gasteiger partial charge is 0.271 e. The molecule has 2 aromatic carbocycles. The summed E-state index contributed by atoms with van der Waals surface area (Å²) in [5.41, 5.74) is 5.69. The average Bonchev–Trinajstić information content (AvgIpc) is 2.81. The van der Waals surface area contributed by atoms with E-state index in [0.717, 1.165) is 44.3 Å². The highest BCUT2D eigenvalue weighted by Crippen LogP contribution is 2.35. The van der Waals surface area contributed by atoms with Crippen LogP contribution in [0.5, 0.6) is 0 Å². The Balaban J connectivity index is 1.62. The molecular weight excluding hydrogens is 430 g/mol. The van der Waals surface area contributed by atoms with E-state index in [1.165, 1.54) is 6.07 Å². The molecule has 0 atom stereocenters. The number of anilines is 2. The molecule has 1 saturated heterocycles. The third-order valence-electron chi connectivity index (χ3n) is 5.41. The summed E-state index contributed by atoms with van der Waals surface area (Å²) in [6, 6.07) is 10.0. The molecule has 170 valence electrons. The third-order valence-corrected chi connectivity index (χ3v) is 5.41. The number of benzene rings is 2. The number of carbonyl (C=O) groups is 2. The van der Waals surface area contributed by atoms with E-state index in [2.05, 4.69) is 26.1 Å². The molecule has 4 rings (SSSR count). The number of nitrogens with one attached hydrogen (secondary N) is 3. The van der Waals surface area contributed by atoms with Gasteiger partial charge in [-0.05, 0) is 62.3 Å². The van der Waals surface area contributed by atoms with Crippen LogP contribution in [0.4, 0.5) is 20.2 Å². The van der Waals surface area contributed by atoms with Crippen molar-refractivity contribution >= 4 is 23.2 Å². The van der Waals surface area contributed by atoms with Gasteiger partial charge in [0.15, 0.2) is 5.69 Å². The highest BCUT2D eigenvalue weighted by molar-refractivity contribution is 6.01. The highest BCUT2D eigenvalue weighted by atomic mass is 19.1. The Kier molecular flexibility index (Phi) is 6.55. The molecule has 5 N–H and O–H groups in total. The van der Waals surface area contributed by atoms with Crippen LogP contribution in [0, 0.1) is 11.6 Å². The second kappa shape index (κ2) is 9.70. The zero-order valence-electron chi connectivity index (χ0n) is 17.6. The van der Waals surface area contributed by atoms with Gasteiger partial charge in [-0.25, -0.2) is 8.78 Å². The van der Waals surface area contributed by atoms with Gasteiger partial charge in [0.05, 0.1) is 17.4 Å². The number of nitrogens with zero attached hydrogens (tertiary/aromatic N) is 2. The molecule has 3 aromatic rings. The lowest BCUT2D eigenvalue weighted by Gasteiger charge is -2.23. The molecule has 0 aliphatic carbocycles. The number of carbonyl (C=O) groups excluding carboxylic acids is 2. The number of primary amides is 1. The molecule has 1 aliphatic heterocycles. The summed E-state index contributed by atoms with van der Waals surface area (Å²) >= 11 is 0. The monoisotopic (exact) mass is 452 g/mol. The zero-order valence-corrected chi connectivity index (χ0v) is 17.6. The van der Waals surface area contributed by atoms with E-state index in [0.29, 0.717) is 11.3 Å². The predicted molar refractivity (Wildman–Crippen MR) is 119 cm³/mol. The van der Waals surface area contributed by atoms with E-state index < -0.39 is 17.5 Å². The van der Waals surface area contributed by atoms with Gasteiger partial charge in [-0.3, -0.25) is 9.59 Å². The Labute approximate surface area is 188 Å². The Morgan fingerprint density at radius 2 is 1.70 bits per heavy atom. The molecule has 0 bridgehead atoms. The fraction of sp³-hybridized carbons (Fsp3) is 0.217. The number of hydrogen-bond donors (Lipinski definition) is 4. The lowest BCUT2D eigenvalue weighted by Crippen LogP contribution is -2.42. The standard InChI is InChI=1S/C23H22F2N6O2/c24-17-2-1-3-18(25)19(17)16-12-28-31-21(22(26)32)20(16)29-14-6-4-13(5-7-14)23(33)30-15-8-10-27-11-9-15/h1-7,12,15,27H,8-11H2,(H2,26,32)(H,28,29)(H,30,33). The van der Waals surface area contributed by atoms with Gasteiger partial charge in [-0.2, -0.15) is 5.10 Å².